The number of benzene rings is 2. The minimum Gasteiger partial charge on any atom is -0.497 e. The molecule has 3 aromatic rings. The van der Waals surface area contributed by atoms with Gasteiger partial charge in [-0.15, -0.1) is 10.2 Å². The highest BCUT2D eigenvalue weighted by Gasteiger charge is 2.15. The molecule has 138 valence electrons. The monoisotopic (exact) mass is 384 g/mol. The molecule has 1 heterocycles. The van der Waals surface area contributed by atoms with E-state index in [0.29, 0.717) is 16.5 Å². The van der Waals surface area contributed by atoms with Crippen LogP contribution in [0.1, 0.15) is 10.4 Å². The number of hydrogen-bond acceptors (Lipinski definition) is 7. The summed E-state index contributed by atoms with van der Waals surface area (Å²) in [5.41, 5.74) is 1.07. The Morgan fingerprint density at radius 1 is 1.22 bits per heavy atom. The molecule has 0 aliphatic carbocycles. The topological polar surface area (TPSA) is 100 Å². The van der Waals surface area contributed by atoms with Gasteiger partial charge >= 0.3 is 0 Å². The molecule has 0 radical (unpaired) electrons. The summed E-state index contributed by atoms with van der Waals surface area (Å²) in [6.07, 6.45) is 0. The molecule has 27 heavy (non-hydrogen) atoms. The fourth-order valence-electron chi connectivity index (χ4n) is 2.44. The number of carbonyl (C=O) groups excluding carboxylic acids is 1. The average Bonchev–Trinajstić information content (AvgIpc) is 3.06. The van der Waals surface area contributed by atoms with Crippen LogP contribution in [0.4, 0.5) is 5.69 Å². The van der Waals surface area contributed by atoms with E-state index in [0.717, 1.165) is 11.3 Å². The van der Waals surface area contributed by atoms with Gasteiger partial charge in [0.05, 0.1) is 17.8 Å². The van der Waals surface area contributed by atoms with Crippen LogP contribution < -0.4 is 4.74 Å². The first kappa shape index (κ1) is 18.6. The number of hydrogen-bond donors (Lipinski definition) is 0. The van der Waals surface area contributed by atoms with Gasteiger partial charge in [-0.25, -0.2) is 0 Å². The molecule has 0 aliphatic rings. The van der Waals surface area contributed by atoms with E-state index in [-0.39, 0.29) is 17.2 Å². The molecule has 8 nitrogen and oxygen atoms in total. The Morgan fingerprint density at radius 2 is 1.96 bits per heavy atom. The molecular weight excluding hydrogens is 368 g/mol. The lowest BCUT2D eigenvalue weighted by Gasteiger charge is -2.05. The quantitative estimate of drug-likeness (QED) is 0.266. The first-order valence-electron chi connectivity index (χ1n) is 7.94. The fourth-order valence-corrected chi connectivity index (χ4v) is 3.24. The molecule has 0 saturated carbocycles. The van der Waals surface area contributed by atoms with Crippen molar-refractivity contribution in [1.29, 1.82) is 0 Å². The van der Waals surface area contributed by atoms with Gasteiger partial charge in [-0.05, 0) is 24.3 Å². The zero-order chi connectivity index (χ0) is 19.4. The second kappa shape index (κ2) is 8.00. The number of carbonyl (C=O) groups is 1. The predicted octanol–water partition coefficient (Wildman–Crippen LogP) is 3.37. The number of thioether (sulfide) groups is 1. The number of methoxy groups -OCH3 is 1. The third-order valence-corrected chi connectivity index (χ3v) is 4.91. The Hall–Kier alpha value is -3.20. The standard InChI is InChI=1S/C18H16N4O4S/c1-21-17(12-6-8-15(26-2)9-7-12)19-20-18(21)27-11-16(23)13-4-3-5-14(10-13)22(24)25/h3-10H,11H2,1-2H3. The van der Waals surface area contributed by atoms with Crippen LogP contribution >= 0.6 is 11.8 Å². The van der Waals surface area contributed by atoms with Crippen molar-refractivity contribution in [2.24, 2.45) is 7.05 Å². The summed E-state index contributed by atoms with van der Waals surface area (Å²) in [6.45, 7) is 0. The molecule has 0 amide bonds. The third kappa shape index (κ3) is 4.14. The van der Waals surface area contributed by atoms with Crippen LogP contribution in [-0.2, 0) is 7.05 Å². The molecule has 9 heteroatoms. The summed E-state index contributed by atoms with van der Waals surface area (Å²) < 4.78 is 6.94. The van der Waals surface area contributed by atoms with Crippen LogP contribution in [0.2, 0.25) is 0 Å². The lowest BCUT2D eigenvalue weighted by atomic mass is 10.1. The SMILES string of the molecule is COc1ccc(-c2nnc(SCC(=O)c3cccc([N+](=O)[O-])c3)n2C)cc1. The van der Waals surface area contributed by atoms with E-state index in [2.05, 4.69) is 10.2 Å². The van der Waals surface area contributed by atoms with Crippen molar-refractivity contribution in [3.05, 3.63) is 64.2 Å². The van der Waals surface area contributed by atoms with Crippen LogP contribution in [0.25, 0.3) is 11.4 Å². The summed E-state index contributed by atoms with van der Waals surface area (Å²) in [5, 5.41) is 19.7. The fraction of sp³-hybridized carbons (Fsp3) is 0.167. The lowest BCUT2D eigenvalue weighted by molar-refractivity contribution is -0.384. The number of rotatable bonds is 7. The van der Waals surface area contributed by atoms with E-state index in [1.807, 2.05) is 31.3 Å². The van der Waals surface area contributed by atoms with E-state index in [4.69, 9.17) is 4.74 Å². The van der Waals surface area contributed by atoms with Crippen molar-refractivity contribution < 1.29 is 14.5 Å². The molecule has 3 rings (SSSR count). The summed E-state index contributed by atoms with van der Waals surface area (Å²) in [4.78, 5) is 22.7. The normalized spacial score (nSPS) is 10.6. The molecule has 2 aromatic carbocycles. The zero-order valence-corrected chi connectivity index (χ0v) is 15.5. The number of nitro benzene ring substituents is 1. The minimum atomic E-state index is -0.520. The van der Waals surface area contributed by atoms with Crippen LogP contribution in [0.5, 0.6) is 5.75 Å². The summed E-state index contributed by atoms with van der Waals surface area (Å²) in [6, 6.07) is 13.1. The first-order valence-corrected chi connectivity index (χ1v) is 8.92. The summed E-state index contributed by atoms with van der Waals surface area (Å²) in [5.74, 6) is 1.31. The first-order chi connectivity index (χ1) is 13.0. The molecule has 0 saturated heterocycles. The number of ketones is 1. The molecule has 0 fully saturated rings. The maximum Gasteiger partial charge on any atom is 0.270 e. The van der Waals surface area contributed by atoms with Crippen molar-refractivity contribution in [2.45, 2.75) is 5.16 Å². The maximum atomic E-state index is 12.3. The maximum absolute atomic E-state index is 12.3. The number of non-ortho nitro benzene ring substituents is 1. The summed E-state index contributed by atoms with van der Waals surface area (Å²) in [7, 11) is 3.42. The smallest absolute Gasteiger partial charge is 0.270 e. The molecule has 0 aliphatic heterocycles. The number of nitro groups is 1. The third-order valence-electron chi connectivity index (χ3n) is 3.89. The van der Waals surface area contributed by atoms with Crippen molar-refractivity contribution in [3.8, 4) is 17.1 Å². The van der Waals surface area contributed by atoms with Gasteiger partial charge in [0, 0.05) is 30.3 Å². The summed E-state index contributed by atoms with van der Waals surface area (Å²) >= 11 is 1.23. The van der Waals surface area contributed by atoms with Gasteiger partial charge in [0.25, 0.3) is 5.69 Å². The Bertz CT molecular complexity index is 985. The van der Waals surface area contributed by atoms with Gasteiger partial charge in [-0.2, -0.15) is 0 Å². The van der Waals surface area contributed by atoms with Gasteiger partial charge in [-0.1, -0.05) is 23.9 Å². The molecular formula is C18H16N4O4S. The van der Waals surface area contributed by atoms with E-state index in [1.54, 1.807) is 17.7 Å². The van der Waals surface area contributed by atoms with Crippen molar-refractivity contribution in [3.63, 3.8) is 0 Å². The molecule has 0 N–H and O–H groups in total. The molecule has 0 unspecified atom stereocenters. The highest BCUT2D eigenvalue weighted by molar-refractivity contribution is 7.99. The Labute approximate surface area is 159 Å². The number of aromatic nitrogens is 3. The van der Waals surface area contributed by atoms with Gasteiger partial charge in [0.2, 0.25) is 0 Å². The zero-order valence-electron chi connectivity index (χ0n) is 14.7. The van der Waals surface area contributed by atoms with E-state index < -0.39 is 4.92 Å². The Kier molecular flexibility index (Phi) is 5.51. The Morgan fingerprint density at radius 3 is 2.63 bits per heavy atom. The van der Waals surface area contributed by atoms with Gasteiger partial charge in [0.15, 0.2) is 16.8 Å². The van der Waals surface area contributed by atoms with Crippen molar-refractivity contribution in [2.75, 3.05) is 12.9 Å². The van der Waals surface area contributed by atoms with Crippen LogP contribution in [0.3, 0.4) is 0 Å². The second-order valence-corrected chi connectivity index (χ2v) is 6.56. The van der Waals surface area contributed by atoms with Gasteiger partial charge in [0.1, 0.15) is 5.75 Å². The van der Waals surface area contributed by atoms with E-state index in [9.17, 15) is 14.9 Å². The van der Waals surface area contributed by atoms with Crippen LogP contribution in [-0.4, -0.2) is 38.3 Å². The number of Topliss-reactive ketones (excluding diaryl/α,β-unsaturated/α-hetero) is 1. The number of ether oxygens (including phenoxy) is 1. The highest BCUT2D eigenvalue weighted by atomic mass is 32.2. The minimum absolute atomic E-state index is 0.105. The molecule has 0 spiro atoms. The van der Waals surface area contributed by atoms with Crippen LogP contribution in [0.15, 0.2) is 53.7 Å². The predicted molar refractivity (Wildman–Crippen MR) is 101 cm³/mol. The van der Waals surface area contributed by atoms with Gasteiger partial charge < -0.3 is 9.30 Å². The highest BCUT2D eigenvalue weighted by Crippen LogP contribution is 2.25. The molecule has 0 atom stereocenters. The lowest BCUT2D eigenvalue weighted by Crippen LogP contribution is -2.04. The van der Waals surface area contributed by atoms with Crippen molar-refractivity contribution in [1.82, 2.24) is 14.8 Å². The average molecular weight is 384 g/mol. The molecule has 0 bridgehead atoms. The van der Waals surface area contributed by atoms with E-state index >= 15 is 0 Å². The van der Waals surface area contributed by atoms with Crippen molar-refractivity contribution >= 4 is 23.2 Å². The number of nitrogens with zero attached hydrogens (tertiary/aromatic N) is 4. The molecule has 1 aromatic heterocycles. The second-order valence-electron chi connectivity index (χ2n) is 5.61. The van der Waals surface area contributed by atoms with Crippen LogP contribution in [0, 0.1) is 10.1 Å². The van der Waals surface area contributed by atoms with Gasteiger partial charge in [-0.3, -0.25) is 14.9 Å². The largest absolute Gasteiger partial charge is 0.497 e. The van der Waals surface area contributed by atoms with E-state index in [1.165, 1.54) is 30.0 Å². The Balaban J connectivity index is 1.71.